The van der Waals surface area contributed by atoms with Crippen LogP contribution in [0.15, 0.2) is 77.7 Å². The van der Waals surface area contributed by atoms with Crippen LogP contribution in [0.2, 0.25) is 5.02 Å². The molecule has 0 radical (unpaired) electrons. The fourth-order valence-corrected chi connectivity index (χ4v) is 3.98. The lowest BCUT2D eigenvalue weighted by atomic mass is 10.2. The molecule has 33 heavy (non-hydrogen) atoms. The van der Waals surface area contributed by atoms with Gasteiger partial charge in [0.1, 0.15) is 5.75 Å². The van der Waals surface area contributed by atoms with E-state index in [-0.39, 0.29) is 17.1 Å². The van der Waals surface area contributed by atoms with E-state index in [4.69, 9.17) is 16.3 Å². The van der Waals surface area contributed by atoms with Crippen molar-refractivity contribution in [3.63, 3.8) is 0 Å². The molecule has 0 fully saturated rings. The zero-order valence-corrected chi connectivity index (χ0v) is 20.2. The van der Waals surface area contributed by atoms with Crippen LogP contribution < -0.4 is 15.4 Å². The van der Waals surface area contributed by atoms with Crippen LogP contribution in [0.4, 0.5) is 11.4 Å². The van der Waals surface area contributed by atoms with Gasteiger partial charge in [-0.25, -0.2) is 0 Å². The molecule has 2 amide bonds. The summed E-state index contributed by atoms with van der Waals surface area (Å²) in [6.45, 7) is 4.67. The topological polar surface area (TPSA) is 67.4 Å². The third-order valence-corrected chi connectivity index (χ3v) is 6.12. The molecular formula is C26H27ClN2O3S. The highest BCUT2D eigenvalue weighted by atomic mass is 35.5. The molecular weight excluding hydrogens is 456 g/mol. The van der Waals surface area contributed by atoms with E-state index in [1.165, 1.54) is 11.8 Å². The van der Waals surface area contributed by atoms with Gasteiger partial charge in [-0.2, -0.15) is 0 Å². The van der Waals surface area contributed by atoms with Crippen molar-refractivity contribution >= 4 is 46.6 Å². The first-order valence-electron chi connectivity index (χ1n) is 10.8. The lowest BCUT2D eigenvalue weighted by Crippen LogP contribution is -2.22. The lowest BCUT2D eigenvalue weighted by Gasteiger charge is -2.13. The zero-order chi connectivity index (χ0) is 23.6. The predicted molar refractivity (Wildman–Crippen MR) is 137 cm³/mol. The summed E-state index contributed by atoms with van der Waals surface area (Å²) in [5.41, 5.74) is 1.89. The first kappa shape index (κ1) is 24.7. The zero-order valence-electron chi connectivity index (χ0n) is 18.6. The second kappa shape index (κ2) is 12.3. The fourth-order valence-electron chi connectivity index (χ4n) is 2.92. The SMILES string of the molecule is CCCCOc1ccc(NC(=O)C(C)Sc2ccc(NC(=O)c3cccc(Cl)c3)cc2)cc1. The van der Waals surface area contributed by atoms with Crippen molar-refractivity contribution in [1.82, 2.24) is 0 Å². The minimum atomic E-state index is -0.294. The summed E-state index contributed by atoms with van der Waals surface area (Å²) >= 11 is 7.39. The highest BCUT2D eigenvalue weighted by molar-refractivity contribution is 8.00. The molecule has 0 heterocycles. The van der Waals surface area contributed by atoms with E-state index in [2.05, 4.69) is 17.6 Å². The molecule has 172 valence electrons. The first-order chi connectivity index (χ1) is 15.9. The van der Waals surface area contributed by atoms with Gasteiger partial charge in [0.2, 0.25) is 5.91 Å². The molecule has 0 saturated heterocycles. The number of unbranched alkanes of at least 4 members (excludes halogenated alkanes) is 1. The number of amides is 2. The second-order valence-electron chi connectivity index (χ2n) is 7.46. The van der Waals surface area contributed by atoms with Crippen LogP contribution in [0.25, 0.3) is 0 Å². The Bertz CT molecular complexity index is 1070. The van der Waals surface area contributed by atoms with E-state index >= 15 is 0 Å². The molecule has 0 aromatic heterocycles. The highest BCUT2D eigenvalue weighted by Crippen LogP contribution is 2.26. The molecule has 1 unspecified atom stereocenters. The summed E-state index contributed by atoms with van der Waals surface area (Å²) in [5, 5.41) is 6.00. The maximum absolute atomic E-state index is 12.6. The standard InChI is InChI=1S/C26H27ClN2O3S/c1-3-4-16-32-23-12-8-21(9-13-23)28-25(30)18(2)33-24-14-10-22(11-15-24)29-26(31)19-6-5-7-20(27)17-19/h5-15,17-18H,3-4,16H2,1-2H3,(H,28,30)(H,29,31). The van der Waals surface area contributed by atoms with Crippen molar-refractivity contribution < 1.29 is 14.3 Å². The van der Waals surface area contributed by atoms with Gasteiger partial charge in [0.05, 0.1) is 11.9 Å². The molecule has 3 aromatic carbocycles. The second-order valence-corrected chi connectivity index (χ2v) is 9.32. The van der Waals surface area contributed by atoms with Crippen LogP contribution in [0.1, 0.15) is 37.0 Å². The molecule has 0 aliphatic rings. The number of ether oxygens (including phenoxy) is 1. The summed E-state index contributed by atoms with van der Waals surface area (Å²) in [6.07, 6.45) is 2.10. The third-order valence-electron chi connectivity index (χ3n) is 4.77. The van der Waals surface area contributed by atoms with Gasteiger partial charge in [-0.3, -0.25) is 9.59 Å². The van der Waals surface area contributed by atoms with Crippen LogP contribution in [0, 0.1) is 0 Å². The van der Waals surface area contributed by atoms with Gasteiger partial charge in [0.15, 0.2) is 0 Å². The van der Waals surface area contributed by atoms with Gasteiger partial charge in [0, 0.05) is 26.9 Å². The molecule has 0 bridgehead atoms. The number of rotatable bonds is 10. The Kier molecular flexibility index (Phi) is 9.22. The number of hydrogen-bond acceptors (Lipinski definition) is 4. The largest absolute Gasteiger partial charge is 0.494 e. The van der Waals surface area contributed by atoms with Gasteiger partial charge in [-0.05, 0) is 80.1 Å². The molecule has 0 saturated carbocycles. The van der Waals surface area contributed by atoms with E-state index < -0.39 is 0 Å². The Labute approximate surface area is 203 Å². The van der Waals surface area contributed by atoms with Crippen molar-refractivity contribution in [2.45, 2.75) is 36.8 Å². The molecule has 0 aliphatic heterocycles. The van der Waals surface area contributed by atoms with Crippen molar-refractivity contribution in [2.75, 3.05) is 17.2 Å². The van der Waals surface area contributed by atoms with Crippen LogP contribution in [0.5, 0.6) is 5.75 Å². The number of thioether (sulfide) groups is 1. The Morgan fingerprint density at radius 1 is 0.970 bits per heavy atom. The Hall–Kier alpha value is -2.96. The van der Waals surface area contributed by atoms with Crippen LogP contribution >= 0.6 is 23.4 Å². The van der Waals surface area contributed by atoms with Crippen LogP contribution in [0.3, 0.4) is 0 Å². The van der Waals surface area contributed by atoms with Gasteiger partial charge in [0.25, 0.3) is 5.91 Å². The number of anilines is 2. The van der Waals surface area contributed by atoms with E-state index in [1.807, 2.05) is 55.5 Å². The number of carbonyl (C=O) groups excluding carboxylic acids is 2. The molecule has 0 spiro atoms. The quantitative estimate of drug-likeness (QED) is 0.244. The van der Waals surface area contributed by atoms with Crippen molar-refractivity contribution in [3.8, 4) is 5.75 Å². The van der Waals surface area contributed by atoms with Crippen LogP contribution in [-0.4, -0.2) is 23.7 Å². The molecule has 3 rings (SSSR count). The third kappa shape index (κ3) is 7.84. The molecule has 0 aliphatic carbocycles. The summed E-state index contributed by atoms with van der Waals surface area (Å²) in [4.78, 5) is 25.9. The van der Waals surface area contributed by atoms with E-state index in [0.29, 0.717) is 22.9 Å². The van der Waals surface area contributed by atoms with Gasteiger partial charge >= 0.3 is 0 Å². The molecule has 3 aromatic rings. The monoisotopic (exact) mass is 482 g/mol. The minimum Gasteiger partial charge on any atom is -0.494 e. The molecule has 1 atom stereocenters. The van der Waals surface area contributed by atoms with E-state index in [0.717, 1.165) is 29.2 Å². The van der Waals surface area contributed by atoms with Crippen molar-refractivity contribution in [3.05, 3.63) is 83.4 Å². The van der Waals surface area contributed by atoms with Crippen LogP contribution in [-0.2, 0) is 4.79 Å². The molecule has 5 nitrogen and oxygen atoms in total. The predicted octanol–water partition coefficient (Wildman–Crippen LogP) is 6.89. The van der Waals surface area contributed by atoms with Gasteiger partial charge in [-0.1, -0.05) is 31.0 Å². The summed E-state index contributed by atoms with van der Waals surface area (Å²) in [7, 11) is 0. The number of benzene rings is 3. The average Bonchev–Trinajstić information content (AvgIpc) is 2.81. The number of nitrogens with one attached hydrogen (secondary N) is 2. The Morgan fingerprint density at radius 3 is 2.30 bits per heavy atom. The van der Waals surface area contributed by atoms with Crippen molar-refractivity contribution in [1.29, 1.82) is 0 Å². The van der Waals surface area contributed by atoms with Gasteiger partial charge in [-0.15, -0.1) is 11.8 Å². The maximum Gasteiger partial charge on any atom is 0.255 e. The average molecular weight is 483 g/mol. The Morgan fingerprint density at radius 2 is 1.64 bits per heavy atom. The Balaban J connectivity index is 1.49. The van der Waals surface area contributed by atoms with E-state index in [1.54, 1.807) is 24.3 Å². The number of carbonyl (C=O) groups is 2. The number of hydrogen-bond donors (Lipinski definition) is 2. The van der Waals surface area contributed by atoms with Crippen molar-refractivity contribution in [2.24, 2.45) is 0 Å². The normalized spacial score (nSPS) is 11.5. The number of halogens is 1. The maximum atomic E-state index is 12.6. The first-order valence-corrected chi connectivity index (χ1v) is 12.1. The summed E-state index contributed by atoms with van der Waals surface area (Å²) in [5.74, 6) is 0.483. The molecule has 2 N–H and O–H groups in total. The summed E-state index contributed by atoms with van der Waals surface area (Å²) < 4.78 is 5.65. The minimum absolute atomic E-state index is 0.0852. The smallest absolute Gasteiger partial charge is 0.255 e. The van der Waals surface area contributed by atoms with Gasteiger partial charge < -0.3 is 15.4 Å². The van der Waals surface area contributed by atoms with E-state index in [9.17, 15) is 9.59 Å². The fraction of sp³-hybridized carbons (Fsp3) is 0.231. The molecule has 7 heteroatoms. The lowest BCUT2D eigenvalue weighted by molar-refractivity contribution is -0.115. The highest BCUT2D eigenvalue weighted by Gasteiger charge is 2.15. The summed E-state index contributed by atoms with van der Waals surface area (Å²) in [6, 6.07) is 21.6.